The average molecular weight is 295 g/mol. The van der Waals surface area contributed by atoms with Gasteiger partial charge in [0.25, 0.3) is 5.91 Å². The molecule has 21 heavy (non-hydrogen) atoms. The highest BCUT2D eigenvalue weighted by atomic mass is 16.5. The summed E-state index contributed by atoms with van der Waals surface area (Å²) < 4.78 is 15.2. The molecule has 0 unspecified atom stereocenters. The minimum absolute atomic E-state index is 0.0777. The molecule has 1 amide bonds. The number of nitrogens with zero attached hydrogens (tertiary/aromatic N) is 1. The molecule has 6 nitrogen and oxygen atoms in total. The molecular weight excluding hydrogens is 274 g/mol. The number of esters is 1. The molecule has 0 bridgehead atoms. The number of hydrogen-bond acceptors (Lipinski definition) is 5. The first-order chi connectivity index (χ1) is 10.1. The first kappa shape index (κ1) is 16.8. The summed E-state index contributed by atoms with van der Waals surface area (Å²) in [6.45, 7) is 2.32. The average Bonchev–Trinajstić information content (AvgIpc) is 2.51. The van der Waals surface area contributed by atoms with Crippen LogP contribution >= 0.6 is 0 Å². The summed E-state index contributed by atoms with van der Waals surface area (Å²) in [5.74, 6) is 0.798. The van der Waals surface area contributed by atoms with Gasteiger partial charge in [0.2, 0.25) is 0 Å². The van der Waals surface area contributed by atoms with Crippen LogP contribution in [0.1, 0.15) is 13.3 Å². The summed E-state index contributed by atoms with van der Waals surface area (Å²) in [6, 6.07) is 6.96. The van der Waals surface area contributed by atoms with Gasteiger partial charge in [-0.1, -0.05) is 0 Å². The summed E-state index contributed by atoms with van der Waals surface area (Å²) in [7, 11) is 3.21. The number of likely N-dealkylation sites (N-methyl/N-ethyl adjacent to an activating group) is 1. The maximum absolute atomic E-state index is 11.8. The minimum Gasteiger partial charge on any atom is -0.497 e. The smallest absolute Gasteiger partial charge is 0.307 e. The molecule has 1 rings (SSSR count). The van der Waals surface area contributed by atoms with E-state index in [2.05, 4.69) is 0 Å². The molecule has 0 aliphatic rings. The molecule has 0 fully saturated rings. The van der Waals surface area contributed by atoms with Gasteiger partial charge in [-0.2, -0.15) is 0 Å². The lowest BCUT2D eigenvalue weighted by Crippen LogP contribution is -2.33. The molecule has 0 atom stereocenters. The van der Waals surface area contributed by atoms with Gasteiger partial charge in [0, 0.05) is 13.6 Å². The zero-order valence-electron chi connectivity index (χ0n) is 12.6. The number of ether oxygens (including phenoxy) is 3. The third-order valence-corrected chi connectivity index (χ3v) is 2.80. The van der Waals surface area contributed by atoms with Crippen molar-refractivity contribution in [2.75, 3.05) is 33.9 Å². The first-order valence-electron chi connectivity index (χ1n) is 6.73. The Morgan fingerprint density at radius 2 is 1.76 bits per heavy atom. The van der Waals surface area contributed by atoms with E-state index in [1.54, 1.807) is 45.3 Å². The molecule has 0 aliphatic heterocycles. The van der Waals surface area contributed by atoms with Crippen LogP contribution in [-0.4, -0.2) is 50.7 Å². The van der Waals surface area contributed by atoms with Gasteiger partial charge in [-0.15, -0.1) is 0 Å². The molecule has 0 saturated carbocycles. The number of carbonyl (C=O) groups excluding carboxylic acids is 2. The van der Waals surface area contributed by atoms with E-state index in [9.17, 15) is 9.59 Å². The second-order valence-corrected chi connectivity index (χ2v) is 4.33. The molecule has 116 valence electrons. The van der Waals surface area contributed by atoms with Gasteiger partial charge >= 0.3 is 5.97 Å². The highest BCUT2D eigenvalue weighted by Gasteiger charge is 2.12. The first-order valence-corrected chi connectivity index (χ1v) is 6.73. The summed E-state index contributed by atoms with van der Waals surface area (Å²) in [5, 5.41) is 0. The number of amides is 1. The van der Waals surface area contributed by atoms with Gasteiger partial charge in [-0.3, -0.25) is 9.59 Å². The molecule has 0 N–H and O–H groups in total. The van der Waals surface area contributed by atoms with Crippen molar-refractivity contribution in [3.8, 4) is 11.5 Å². The number of methoxy groups -OCH3 is 1. The summed E-state index contributed by atoms with van der Waals surface area (Å²) in [4.78, 5) is 24.5. The fourth-order valence-electron chi connectivity index (χ4n) is 1.54. The van der Waals surface area contributed by atoms with Crippen LogP contribution in [0.25, 0.3) is 0 Å². The Balaban J connectivity index is 2.33. The van der Waals surface area contributed by atoms with E-state index < -0.39 is 0 Å². The maximum atomic E-state index is 11.8. The molecule has 0 heterocycles. The number of benzene rings is 1. The molecule has 0 spiro atoms. The van der Waals surface area contributed by atoms with Gasteiger partial charge < -0.3 is 19.1 Å². The zero-order valence-corrected chi connectivity index (χ0v) is 12.6. The molecular formula is C15H21NO5. The van der Waals surface area contributed by atoms with Gasteiger partial charge in [0.15, 0.2) is 6.61 Å². The lowest BCUT2D eigenvalue weighted by atomic mass is 10.3. The van der Waals surface area contributed by atoms with Crippen molar-refractivity contribution in [3.63, 3.8) is 0 Å². The van der Waals surface area contributed by atoms with Crippen LogP contribution in [0, 0.1) is 0 Å². The van der Waals surface area contributed by atoms with Gasteiger partial charge in [0.05, 0.1) is 20.1 Å². The number of carbonyl (C=O) groups is 2. The molecule has 0 saturated heterocycles. The quantitative estimate of drug-likeness (QED) is 0.680. The highest BCUT2D eigenvalue weighted by molar-refractivity contribution is 5.78. The SMILES string of the molecule is CCOC(=O)CCN(C)C(=O)COc1ccc(OC)cc1. The van der Waals surface area contributed by atoms with E-state index in [0.717, 1.165) is 5.75 Å². The fraction of sp³-hybridized carbons (Fsp3) is 0.467. The van der Waals surface area contributed by atoms with E-state index in [1.807, 2.05) is 0 Å². The van der Waals surface area contributed by atoms with Gasteiger partial charge in [-0.25, -0.2) is 0 Å². The maximum Gasteiger partial charge on any atom is 0.307 e. The Labute approximate surface area is 124 Å². The van der Waals surface area contributed by atoms with Crippen LogP contribution in [0.15, 0.2) is 24.3 Å². The third-order valence-electron chi connectivity index (χ3n) is 2.80. The standard InChI is InChI=1S/C15H21NO5/c1-4-20-15(18)9-10-16(2)14(17)11-21-13-7-5-12(19-3)6-8-13/h5-8H,4,9-11H2,1-3H3. The molecule has 1 aromatic rings. The Bertz CT molecular complexity index is 458. The van der Waals surface area contributed by atoms with E-state index >= 15 is 0 Å². The molecule has 0 radical (unpaired) electrons. The number of rotatable bonds is 8. The fourth-order valence-corrected chi connectivity index (χ4v) is 1.54. The van der Waals surface area contributed by atoms with Crippen LogP contribution in [0.4, 0.5) is 0 Å². The normalized spacial score (nSPS) is 9.86. The minimum atomic E-state index is -0.312. The lowest BCUT2D eigenvalue weighted by Gasteiger charge is -2.17. The Morgan fingerprint density at radius 1 is 1.14 bits per heavy atom. The Hall–Kier alpha value is -2.24. The van der Waals surface area contributed by atoms with E-state index in [-0.39, 0.29) is 24.9 Å². The monoisotopic (exact) mass is 295 g/mol. The van der Waals surface area contributed by atoms with Crippen molar-refractivity contribution in [1.82, 2.24) is 4.90 Å². The van der Waals surface area contributed by atoms with E-state index in [1.165, 1.54) is 4.90 Å². The van der Waals surface area contributed by atoms with Crippen molar-refractivity contribution in [1.29, 1.82) is 0 Å². The topological polar surface area (TPSA) is 65.1 Å². The van der Waals surface area contributed by atoms with Gasteiger partial charge in [-0.05, 0) is 31.2 Å². The Morgan fingerprint density at radius 3 is 2.33 bits per heavy atom. The number of hydrogen-bond donors (Lipinski definition) is 0. The van der Waals surface area contributed by atoms with Crippen molar-refractivity contribution in [3.05, 3.63) is 24.3 Å². The predicted octanol–water partition coefficient (Wildman–Crippen LogP) is 1.49. The van der Waals surface area contributed by atoms with Crippen molar-refractivity contribution in [2.45, 2.75) is 13.3 Å². The zero-order chi connectivity index (χ0) is 15.7. The molecule has 6 heteroatoms. The van der Waals surface area contributed by atoms with E-state index in [4.69, 9.17) is 14.2 Å². The molecule has 0 aromatic heterocycles. The summed E-state index contributed by atoms with van der Waals surface area (Å²) >= 11 is 0. The Kier molecular flexibility index (Phi) is 7.08. The summed E-state index contributed by atoms with van der Waals surface area (Å²) in [6.07, 6.45) is 0.179. The van der Waals surface area contributed by atoms with Gasteiger partial charge in [0.1, 0.15) is 11.5 Å². The molecule has 1 aromatic carbocycles. The lowest BCUT2D eigenvalue weighted by molar-refractivity contribution is -0.144. The van der Waals surface area contributed by atoms with E-state index in [0.29, 0.717) is 18.9 Å². The predicted molar refractivity (Wildman–Crippen MR) is 77.4 cm³/mol. The summed E-state index contributed by atoms with van der Waals surface area (Å²) in [5.41, 5.74) is 0. The third kappa shape index (κ3) is 6.16. The van der Waals surface area contributed by atoms with Crippen molar-refractivity contribution >= 4 is 11.9 Å². The van der Waals surface area contributed by atoms with Crippen LogP contribution in [0.3, 0.4) is 0 Å². The van der Waals surface area contributed by atoms with Crippen LogP contribution in [0.5, 0.6) is 11.5 Å². The highest BCUT2D eigenvalue weighted by Crippen LogP contribution is 2.16. The molecule has 0 aliphatic carbocycles. The van der Waals surface area contributed by atoms with Crippen LogP contribution < -0.4 is 9.47 Å². The van der Waals surface area contributed by atoms with Crippen molar-refractivity contribution < 1.29 is 23.8 Å². The van der Waals surface area contributed by atoms with Crippen LogP contribution in [0.2, 0.25) is 0 Å². The van der Waals surface area contributed by atoms with Crippen LogP contribution in [-0.2, 0) is 14.3 Å². The second-order valence-electron chi connectivity index (χ2n) is 4.33. The largest absolute Gasteiger partial charge is 0.497 e. The second kappa shape index (κ2) is 8.84. The van der Waals surface area contributed by atoms with Crippen molar-refractivity contribution in [2.24, 2.45) is 0 Å².